The van der Waals surface area contributed by atoms with Crippen molar-refractivity contribution in [3.8, 4) is 6.01 Å². The first-order chi connectivity index (χ1) is 12.4. The summed E-state index contributed by atoms with van der Waals surface area (Å²) in [7, 11) is 0. The molecule has 0 saturated carbocycles. The Morgan fingerprint density at radius 3 is 2.50 bits per heavy atom. The lowest BCUT2D eigenvalue weighted by Gasteiger charge is -2.35. The summed E-state index contributed by atoms with van der Waals surface area (Å²) in [5.74, 6) is 0. The van der Waals surface area contributed by atoms with Gasteiger partial charge in [-0.1, -0.05) is 30.3 Å². The standard InChI is InChI=1S/C18H24N4O3S/c1-18(2,3)25-17(23)22-11-9-21(10-12-22)16-19-15(20-26-16)24-13-14-7-5-4-6-8-14/h4-8H,9-13H2,1-3H3. The summed E-state index contributed by atoms with van der Waals surface area (Å²) in [5.41, 5.74) is 0.605. The molecule has 1 saturated heterocycles. The fourth-order valence-corrected chi connectivity index (χ4v) is 3.19. The smallest absolute Gasteiger partial charge is 0.410 e. The molecule has 1 aliphatic heterocycles. The summed E-state index contributed by atoms with van der Waals surface area (Å²) in [5, 5.41) is 0.817. The zero-order valence-corrected chi connectivity index (χ0v) is 16.2. The van der Waals surface area contributed by atoms with Gasteiger partial charge in [0, 0.05) is 37.7 Å². The summed E-state index contributed by atoms with van der Waals surface area (Å²) in [6.45, 7) is 8.68. The van der Waals surface area contributed by atoms with Crippen molar-refractivity contribution in [3.05, 3.63) is 35.9 Å². The van der Waals surface area contributed by atoms with Crippen LogP contribution in [0, 0.1) is 0 Å². The van der Waals surface area contributed by atoms with Crippen molar-refractivity contribution in [2.24, 2.45) is 0 Å². The van der Waals surface area contributed by atoms with Gasteiger partial charge < -0.3 is 19.3 Å². The van der Waals surface area contributed by atoms with Crippen LogP contribution in [-0.2, 0) is 11.3 Å². The van der Waals surface area contributed by atoms with Gasteiger partial charge in [0.1, 0.15) is 12.2 Å². The van der Waals surface area contributed by atoms with Crippen LogP contribution in [0.2, 0.25) is 0 Å². The van der Waals surface area contributed by atoms with Gasteiger partial charge in [0.15, 0.2) is 0 Å². The van der Waals surface area contributed by atoms with Crippen LogP contribution in [0.4, 0.5) is 9.93 Å². The van der Waals surface area contributed by atoms with E-state index in [1.165, 1.54) is 11.5 Å². The average Bonchev–Trinajstić information content (AvgIpc) is 3.08. The summed E-state index contributed by atoms with van der Waals surface area (Å²) < 4.78 is 15.3. The van der Waals surface area contributed by atoms with Crippen LogP contribution in [0.25, 0.3) is 0 Å². The molecule has 1 aromatic heterocycles. The normalized spacial score (nSPS) is 15.0. The van der Waals surface area contributed by atoms with E-state index in [-0.39, 0.29) is 6.09 Å². The third kappa shape index (κ3) is 5.08. The van der Waals surface area contributed by atoms with Crippen LogP contribution < -0.4 is 9.64 Å². The number of benzene rings is 1. The van der Waals surface area contributed by atoms with Gasteiger partial charge in [-0.25, -0.2) is 4.79 Å². The average molecular weight is 376 g/mol. The first-order valence-corrected chi connectivity index (χ1v) is 9.41. The lowest BCUT2D eigenvalue weighted by molar-refractivity contribution is 0.0240. The molecule has 0 aliphatic carbocycles. The first kappa shape index (κ1) is 18.4. The predicted molar refractivity (Wildman–Crippen MR) is 101 cm³/mol. The van der Waals surface area contributed by atoms with E-state index in [4.69, 9.17) is 9.47 Å². The lowest BCUT2D eigenvalue weighted by Crippen LogP contribution is -2.50. The number of carbonyl (C=O) groups excluding carboxylic acids is 1. The quantitative estimate of drug-likeness (QED) is 0.816. The Morgan fingerprint density at radius 1 is 1.15 bits per heavy atom. The number of anilines is 1. The zero-order chi connectivity index (χ0) is 18.6. The number of rotatable bonds is 4. The van der Waals surface area contributed by atoms with Crippen molar-refractivity contribution in [3.63, 3.8) is 0 Å². The molecule has 3 rings (SSSR count). The molecular formula is C18H24N4O3S. The molecule has 8 heteroatoms. The Bertz CT molecular complexity index is 722. The molecule has 0 N–H and O–H groups in total. The number of aromatic nitrogens is 2. The fraction of sp³-hybridized carbons (Fsp3) is 0.500. The van der Waals surface area contributed by atoms with Crippen LogP contribution in [-0.4, -0.2) is 52.1 Å². The van der Waals surface area contributed by atoms with Crippen molar-refractivity contribution < 1.29 is 14.3 Å². The molecule has 1 amide bonds. The number of nitrogens with zero attached hydrogens (tertiary/aromatic N) is 4. The Morgan fingerprint density at radius 2 is 1.85 bits per heavy atom. The molecular weight excluding hydrogens is 352 g/mol. The number of hydrogen-bond acceptors (Lipinski definition) is 7. The maximum absolute atomic E-state index is 12.1. The monoisotopic (exact) mass is 376 g/mol. The van der Waals surface area contributed by atoms with Crippen LogP contribution in [0.15, 0.2) is 30.3 Å². The Labute approximate surface area is 157 Å². The van der Waals surface area contributed by atoms with Gasteiger partial charge in [-0.15, -0.1) is 4.37 Å². The third-order valence-electron chi connectivity index (χ3n) is 3.81. The van der Waals surface area contributed by atoms with Gasteiger partial charge in [-0.2, -0.15) is 4.98 Å². The molecule has 1 aliphatic rings. The minimum Gasteiger partial charge on any atom is -0.458 e. The van der Waals surface area contributed by atoms with Crippen molar-refractivity contribution in [1.82, 2.24) is 14.3 Å². The van der Waals surface area contributed by atoms with Gasteiger partial charge in [0.25, 0.3) is 0 Å². The van der Waals surface area contributed by atoms with E-state index in [0.717, 1.165) is 10.7 Å². The molecule has 0 bridgehead atoms. The summed E-state index contributed by atoms with van der Waals surface area (Å²) >= 11 is 1.32. The zero-order valence-electron chi connectivity index (χ0n) is 15.3. The molecule has 140 valence electrons. The van der Waals surface area contributed by atoms with Crippen molar-refractivity contribution in [2.45, 2.75) is 33.0 Å². The SMILES string of the molecule is CC(C)(C)OC(=O)N1CCN(c2nc(OCc3ccccc3)ns2)CC1. The van der Waals surface area contributed by atoms with E-state index in [2.05, 4.69) is 14.3 Å². The molecule has 2 aromatic rings. The summed E-state index contributed by atoms with van der Waals surface area (Å²) in [4.78, 5) is 20.4. The Hall–Kier alpha value is -2.35. The van der Waals surface area contributed by atoms with E-state index in [1.807, 2.05) is 51.1 Å². The van der Waals surface area contributed by atoms with Crippen LogP contribution >= 0.6 is 11.5 Å². The van der Waals surface area contributed by atoms with Gasteiger partial charge in [-0.3, -0.25) is 0 Å². The van der Waals surface area contributed by atoms with Gasteiger partial charge in [0.2, 0.25) is 5.13 Å². The highest BCUT2D eigenvalue weighted by Crippen LogP contribution is 2.23. The van der Waals surface area contributed by atoms with Gasteiger partial charge in [-0.05, 0) is 26.3 Å². The molecule has 0 radical (unpaired) electrons. The first-order valence-electron chi connectivity index (χ1n) is 8.64. The van der Waals surface area contributed by atoms with E-state index in [1.54, 1.807) is 4.90 Å². The van der Waals surface area contributed by atoms with E-state index >= 15 is 0 Å². The van der Waals surface area contributed by atoms with Crippen LogP contribution in [0.3, 0.4) is 0 Å². The highest BCUT2D eigenvalue weighted by atomic mass is 32.1. The second-order valence-corrected chi connectivity index (χ2v) is 7.82. The van der Waals surface area contributed by atoms with Crippen molar-refractivity contribution >= 4 is 22.8 Å². The largest absolute Gasteiger partial charge is 0.458 e. The second kappa shape index (κ2) is 7.90. The second-order valence-electron chi connectivity index (χ2n) is 7.09. The Kier molecular flexibility index (Phi) is 5.61. The molecule has 0 unspecified atom stereocenters. The number of carbonyl (C=O) groups is 1. The number of hydrogen-bond donors (Lipinski definition) is 0. The molecule has 1 aromatic carbocycles. The fourth-order valence-electron chi connectivity index (χ4n) is 2.52. The number of ether oxygens (including phenoxy) is 2. The Balaban J connectivity index is 1.49. The van der Waals surface area contributed by atoms with Crippen molar-refractivity contribution in [1.29, 1.82) is 0 Å². The molecule has 2 heterocycles. The highest BCUT2D eigenvalue weighted by molar-refractivity contribution is 7.09. The van der Waals surface area contributed by atoms with Crippen molar-refractivity contribution in [2.75, 3.05) is 31.1 Å². The van der Waals surface area contributed by atoms with E-state index in [9.17, 15) is 4.79 Å². The summed E-state index contributed by atoms with van der Waals surface area (Å²) in [6.07, 6.45) is -0.263. The lowest BCUT2D eigenvalue weighted by atomic mass is 10.2. The van der Waals surface area contributed by atoms with Gasteiger partial charge >= 0.3 is 12.1 Å². The minimum absolute atomic E-state index is 0.263. The molecule has 26 heavy (non-hydrogen) atoms. The van der Waals surface area contributed by atoms with Crippen LogP contribution in [0.5, 0.6) is 6.01 Å². The number of amides is 1. The van der Waals surface area contributed by atoms with E-state index < -0.39 is 5.60 Å². The molecule has 1 fully saturated rings. The third-order valence-corrected chi connectivity index (χ3v) is 4.57. The molecule has 0 spiro atoms. The maximum Gasteiger partial charge on any atom is 0.410 e. The highest BCUT2D eigenvalue weighted by Gasteiger charge is 2.27. The molecule has 7 nitrogen and oxygen atoms in total. The minimum atomic E-state index is -0.474. The van der Waals surface area contributed by atoms with Gasteiger partial charge in [0.05, 0.1) is 0 Å². The topological polar surface area (TPSA) is 67.8 Å². The predicted octanol–water partition coefficient (Wildman–Crippen LogP) is 3.17. The summed E-state index contributed by atoms with van der Waals surface area (Å²) in [6, 6.07) is 10.3. The van der Waals surface area contributed by atoms with Crippen LogP contribution in [0.1, 0.15) is 26.3 Å². The number of piperazine rings is 1. The molecule has 0 atom stereocenters. The van der Waals surface area contributed by atoms with E-state index in [0.29, 0.717) is 38.8 Å². The maximum atomic E-state index is 12.1.